The zero-order valence-electron chi connectivity index (χ0n) is 20.5. The van der Waals surface area contributed by atoms with E-state index in [1.165, 1.54) is 6.07 Å². The molecule has 0 amide bonds. The quantitative estimate of drug-likeness (QED) is 0.393. The molecular weight excluding hydrogens is 490 g/mol. The molecule has 0 saturated carbocycles. The third-order valence-electron chi connectivity index (χ3n) is 6.49. The number of carbonyl (C=O) groups is 1. The molecule has 190 valence electrons. The molecule has 37 heavy (non-hydrogen) atoms. The van der Waals surface area contributed by atoms with Crippen LogP contribution in [0.5, 0.6) is 0 Å². The molecule has 2 aromatic carbocycles. The van der Waals surface area contributed by atoms with Crippen LogP contribution in [0.1, 0.15) is 21.5 Å². The number of anilines is 3. The van der Waals surface area contributed by atoms with E-state index >= 15 is 0 Å². The van der Waals surface area contributed by atoms with Gasteiger partial charge < -0.3 is 14.9 Å². The summed E-state index contributed by atoms with van der Waals surface area (Å²) in [6.07, 6.45) is 1.77. The number of nitrogens with one attached hydrogen (secondary N) is 1. The Morgan fingerprint density at radius 3 is 2.32 bits per heavy atom. The number of hydrogen-bond donors (Lipinski definition) is 2. The number of pyridine rings is 2. The Bertz CT molecular complexity index is 1580. The van der Waals surface area contributed by atoms with Crippen molar-refractivity contribution in [2.24, 2.45) is 0 Å². The second-order valence-electron chi connectivity index (χ2n) is 9.10. The molecule has 1 aliphatic heterocycles. The standard InChI is InChI=1S/C27H27N5O4S/c1-18-6-7-19(2)24(15-18)37(35,36)30-20-8-9-23-21(16-20)22(27(33)34)17-26(29-23)32-13-11-31(12-14-32)25-5-3-4-10-28-25/h3-10,15-17,30H,11-14H2,1-2H3,(H,33,34). The number of aromatic carboxylic acids is 1. The molecule has 0 bridgehead atoms. The molecule has 0 unspecified atom stereocenters. The first-order valence-electron chi connectivity index (χ1n) is 11.9. The van der Waals surface area contributed by atoms with Crippen LogP contribution in [0.2, 0.25) is 0 Å². The lowest BCUT2D eigenvalue weighted by molar-refractivity contribution is 0.0699. The van der Waals surface area contributed by atoms with Gasteiger partial charge in [-0.25, -0.2) is 23.2 Å². The summed E-state index contributed by atoms with van der Waals surface area (Å²) in [7, 11) is -3.86. The van der Waals surface area contributed by atoms with Gasteiger partial charge in [-0.15, -0.1) is 0 Å². The first kappa shape index (κ1) is 24.5. The monoisotopic (exact) mass is 517 g/mol. The van der Waals surface area contributed by atoms with Gasteiger partial charge in [0.25, 0.3) is 10.0 Å². The minimum Gasteiger partial charge on any atom is -0.478 e. The Labute approximate surface area is 215 Å². The molecule has 0 aliphatic carbocycles. The summed E-state index contributed by atoms with van der Waals surface area (Å²) >= 11 is 0. The Balaban J connectivity index is 1.42. The number of aryl methyl sites for hydroxylation is 2. The van der Waals surface area contributed by atoms with Crippen LogP contribution >= 0.6 is 0 Å². The number of sulfonamides is 1. The third-order valence-corrected chi connectivity index (χ3v) is 8.01. The van der Waals surface area contributed by atoms with Crippen molar-refractivity contribution in [1.82, 2.24) is 9.97 Å². The molecule has 1 saturated heterocycles. The predicted octanol–water partition coefficient (Wildman–Crippen LogP) is 4.07. The van der Waals surface area contributed by atoms with Crippen molar-refractivity contribution in [1.29, 1.82) is 0 Å². The van der Waals surface area contributed by atoms with E-state index in [1.54, 1.807) is 43.5 Å². The van der Waals surface area contributed by atoms with Crippen LogP contribution in [0.4, 0.5) is 17.3 Å². The summed E-state index contributed by atoms with van der Waals surface area (Å²) < 4.78 is 28.7. The van der Waals surface area contributed by atoms with Gasteiger partial charge in [0, 0.05) is 43.4 Å². The lowest BCUT2D eigenvalue weighted by Gasteiger charge is -2.36. The van der Waals surface area contributed by atoms with Crippen molar-refractivity contribution in [2.45, 2.75) is 18.7 Å². The van der Waals surface area contributed by atoms with Crippen LogP contribution in [0.3, 0.4) is 0 Å². The Hall–Kier alpha value is -4.18. The molecule has 4 aromatic rings. The van der Waals surface area contributed by atoms with Crippen LogP contribution < -0.4 is 14.5 Å². The number of piperazine rings is 1. The van der Waals surface area contributed by atoms with Gasteiger partial charge in [-0.1, -0.05) is 18.2 Å². The number of benzene rings is 2. The Kier molecular flexibility index (Phi) is 6.43. The summed E-state index contributed by atoms with van der Waals surface area (Å²) in [5.41, 5.74) is 2.28. The molecule has 10 heteroatoms. The number of carboxylic acids is 1. The summed E-state index contributed by atoms with van der Waals surface area (Å²) in [6.45, 7) is 6.37. The summed E-state index contributed by atoms with van der Waals surface area (Å²) in [6, 6.07) is 17.4. The van der Waals surface area contributed by atoms with Crippen LogP contribution in [0.25, 0.3) is 10.9 Å². The average Bonchev–Trinajstić information content (AvgIpc) is 2.89. The van der Waals surface area contributed by atoms with Crippen LogP contribution in [0, 0.1) is 13.8 Å². The summed E-state index contributed by atoms with van der Waals surface area (Å²) in [5.74, 6) is 0.389. The molecular formula is C27H27N5O4S. The van der Waals surface area contributed by atoms with Crippen LogP contribution in [-0.4, -0.2) is 55.6 Å². The molecule has 0 spiro atoms. The molecule has 2 N–H and O–H groups in total. The zero-order valence-corrected chi connectivity index (χ0v) is 21.4. The molecule has 2 aromatic heterocycles. The maximum absolute atomic E-state index is 13.1. The van der Waals surface area contributed by atoms with Gasteiger partial charge in [-0.05, 0) is 67.4 Å². The van der Waals surface area contributed by atoms with Crippen molar-refractivity contribution < 1.29 is 18.3 Å². The molecule has 0 radical (unpaired) electrons. The molecule has 0 atom stereocenters. The number of fused-ring (bicyclic) bond motifs is 1. The number of rotatable bonds is 6. The second kappa shape index (κ2) is 9.70. The average molecular weight is 518 g/mol. The van der Waals surface area contributed by atoms with E-state index in [2.05, 4.69) is 19.5 Å². The van der Waals surface area contributed by atoms with Crippen molar-refractivity contribution in [3.8, 4) is 0 Å². The Morgan fingerprint density at radius 2 is 1.65 bits per heavy atom. The number of hydrogen-bond acceptors (Lipinski definition) is 7. The zero-order chi connectivity index (χ0) is 26.2. The third kappa shape index (κ3) is 5.05. The van der Waals surface area contributed by atoms with E-state index in [-0.39, 0.29) is 16.1 Å². The van der Waals surface area contributed by atoms with Crippen molar-refractivity contribution in [2.75, 3.05) is 40.7 Å². The number of aromatic nitrogens is 2. The van der Waals surface area contributed by atoms with Gasteiger partial charge >= 0.3 is 5.97 Å². The maximum Gasteiger partial charge on any atom is 0.336 e. The van der Waals surface area contributed by atoms with Crippen LogP contribution in [-0.2, 0) is 10.0 Å². The van der Waals surface area contributed by atoms with Crippen molar-refractivity contribution in [3.05, 3.63) is 83.6 Å². The van der Waals surface area contributed by atoms with Crippen molar-refractivity contribution in [3.63, 3.8) is 0 Å². The van der Waals surface area contributed by atoms with Crippen molar-refractivity contribution >= 4 is 44.2 Å². The smallest absolute Gasteiger partial charge is 0.336 e. The lowest BCUT2D eigenvalue weighted by atomic mass is 10.1. The van der Waals surface area contributed by atoms with Crippen LogP contribution in [0.15, 0.2) is 71.8 Å². The fourth-order valence-corrected chi connectivity index (χ4v) is 5.91. The molecule has 1 aliphatic rings. The minimum atomic E-state index is -3.86. The highest BCUT2D eigenvalue weighted by atomic mass is 32.2. The second-order valence-corrected chi connectivity index (χ2v) is 10.8. The molecule has 1 fully saturated rings. The molecule has 5 rings (SSSR count). The van der Waals surface area contributed by atoms with Gasteiger partial charge in [-0.3, -0.25) is 4.72 Å². The Morgan fingerprint density at radius 1 is 0.919 bits per heavy atom. The normalized spacial score (nSPS) is 14.1. The van der Waals surface area contributed by atoms with E-state index in [0.29, 0.717) is 35.4 Å². The summed E-state index contributed by atoms with van der Waals surface area (Å²) in [4.78, 5) is 25.7. The van der Waals surface area contributed by atoms with Gasteiger partial charge in [0.2, 0.25) is 0 Å². The highest BCUT2D eigenvalue weighted by Crippen LogP contribution is 2.29. The van der Waals surface area contributed by atoms with E-state index in [1.807, 2.05) is 31.2 Å². The SMILES string of the molecule is Cc1ccc(C)c(S(=O)(=O)Nc2ccc3nc(N4CCN(c5ccccn5)CC4)cc(C(=O)O)c3c2)c1. The van der Waals surface area contributed by atoms with Gasteiger partial charge in [0.05, 0.1) is 16.0 Å². The highest BCUT2D eigenvalue weighted by molar-refractivity contribution is 7.92. The molecule has 3 heterocycles. The maximum atomic E-state index is 13.1. The van der Waals surface area contributed by atoms with E-state index in [0.717, 1.165) is 24.5 Å². The molecule has 9 nitrogen and oxygen atoms in total. The van der Waals surface area contributed by atoms with Gasteiger partial charge in [0.15, 0.2) is 0 Å². The highest BCUT2D eigenvalue weighted by Gasteiger charge is 2.23. The first-order valence-corrected chi connectivity index (χ1v) is 13.4. The van der Waals surface area contributed by atoms with Gasteiger partial charge in [-0.2, -0.15) is 0 Å². The van der Waals surface area contributed by atoms with E-state index in [4.69, 9.17) is 4.98 Å². The van der Waals surface area contributed by atoms with E-state index in [9.17, 15) is 18.3 Å². The van der Waals surface area contributed by atoms with Gasteiger partial charge in [0.1, 0.15) is 11.6 Å². The fraction of sp³-hybridized carbons (Fsp3) is 0.222. The number of nitrogens with zero attached hydrogens (tertiary/aromatic N) is 4. The predicted molar refractivity (Wildman–Crippen MR) is 144 cm³/mol. The number of carboxylic acid groups (broad SMARTS) is 1. The fourth-order valence-electron chi connectivity index (χ4n) is 4.53. The minimum absolute atomic E-state index is 0.0694. The van der Waals surface area contributed by atoms with E-state index < -0.39 is 16.0 Å². The first-order chi connectivity index (χ1) is 17.7. The largest absolute Gasteiger partial charge is 0.478 e. The lowest BCUT2D eigenvalue weighted by Crippen LogP contribution is -2.47. The topological polar surface area (TPSA) is 116 Å². The summed E-state index contributed by atoms with van der Waals surface area (Å²) in [5, 5.41) is 10.3.